The maximum Gasteiger partial charge on any atom is 0.341 e. The van der Waals surface area contributed by atoms with Crippen LogP contribution < -0.4 is 4.74 Å². The van der Waals surface area contributed by atoms with E-state index in [1.807, 2.05) is 19.9 Å². The Kier molecular flexibility index (Phi) is 5.98. The van der Waals surface area contributed by atoms with Crippen molar-refractivity contribution in [2.75, 3.05) is 6.61 Å². The first-order chi connectivity index (χ1) is 11.7. The first kappa shape index (κ1) is 19.2. The molecule has 0 radical (unpaired) electrons. The summed E-state index contributed by atoms with van der Waals surface area (Å²) in [4.78, 5) is 10.6. The average Bonchev–Trinajstić information content (AvgIpc) is 2.50. The summed E-state index contributed by atoms with van der Waals surface area (Å²) in [6.45, 7) is 7.17. The SMILES string of the molecule is C=C(C)c1c(O)ccc(Cc2c(Cl)cc(OCC(=O)O)cc2Cl)c1C. The lowest BCUT2D eigenvalue weighted by Gasteiger charge is -2.15. The summed E-state index contributed by atoms with van der Waals surface area (Å²) in [6, 6.07) is 6.53. The predicted molar refractivity (Wildman–Crippen MR) is 100.0 cm³/mol. The zero-order chi connectivity index (χ0) is 18.7. The molecule has 0 aliphatic rings. The molecule has 0 heterocycles. The molecule has 0 aromatic heterocycles. The van der Waals surface area contributed by atoms with Crippen molar-refractivity contribution in [2.24, 2.45) is 0 Å². The van der Waals surface area contributed by atoms with E-state index in [0.29, 0.717) is 33.3 Å². The number of hydrogen-bond acceptors (Lipinski definition) is 3. The Morgan fingerprint density at radius 1 is 1.24 bits per heavy atom. The quantitative estimate of drug-likeness (QED) is 0.731. The van der Waals surface area contributed by atoms with Crippen LogP contribution in [0.3, 0.4) is 0 Å². The van der Waals surface area contributed by atoms with Gasteiger partial charge in [0.2, 0.25) is 0 Å². The molecule has 0 aliphatic carbocycles. The van der Waals surface area contributed by atoms with E-state index < -0.39 is 12.6 Å². The van der Waals surface area contributed by atoms with Crippen LogP contribution in [-0.4, -0.2) is 22.8 Å². The number of carbonyl (C=O) groups is 1. The number of halogens is 2. The molecular formula is C19H18Cl2O4. The second kappa shape index (κ2) is 7.81. The van der Waals surface area contributed by atoms with Gasteiger partial charge >= 0.3 is 5.97 Å². The molecule has 2 N–H and O–H groups in total. The highest BCUT2D eigenvalue weighted by atomic mass is 35.5. The number of aliphatic carboxylic acids is 1. The number of ether oxygens (including phenoxy) is 1. The molecule has 6 heteroatoms. The lowest BCUT2D eigenvalue weighted by Crippen LogP contribution is -2.09. The van der Waals surface area contributed by atoms with Crippen LogP contribution in [0.1, 0.15) is 29.2 Å². The van der Waals surface area contributed by atoms with Gasteiger partial charge in [-0.25, -0.2) is 4.79 Å². The summed E-state index contributed by atoms with van der Waals surface area (Å²) in [5, 5.41) is 19.5. The van der Waals surface area contributed by atoms with Gasteiger partial charge in [-0.2, -0.15) is 0 Å². The van der Waals surface area contributed by atoms with Gasteiger partial charge in [0.25, 0.3) is 0 Å². The van der Waals surface area contributed by atoms with E-state index in [9.17, 15) is 9.90 Å². The molecular weight excluding hydrogens is 363 g/mol. The molecule has 4 nitrogen and oxygen atoms in total. The summed E-state index contributed by atoms with van der Waals surface area (Å²) in [6.07, 6.45) is 0.462. The van der Waals surface area contributed by atoms with Crippen LogP contribution in [0.2, 0.25) is 10.0 Å². The fourth-order valence-corrected chi connectivity index (χ4v) is 3.24. The molecule has 0 amide bonds. The zero-order valence-corrected chi connectivity index (χ0v) is 15.4. The Hall–Kier alpha value is -2.17. The van der Waals surface area contributed by atoms with E-state index in [2.05, 4.69) is 6.58 Å². The minimum atomic E-state index is -1.08. The monoisotopic (exact) mass is 380 g/mol. The fourth-order valence-electron chi connectivity index (χ4n) is 2.64. The van der Waals surface area contributed by atoms with Gasteiger partial charge in [0.05, 0.1) is 0 Å². The topological polar surface area (TPSA) is 66.8 Å². The van der Waals surface area contributed by atoms with Gasteiger partial charge in [-0.15, -0.1) is 0 Å². The van der Waals surface area contributed by atoms with E-state index in [1.54, 1.807) is 18.2 Å². The summed E-state index contributed by atoms with van der Waals surface area (Å²) in [7, 11) is 0. The average molecular weight is 381 g/mol. The van der Waals surface area contributed by atoms with Gasteiger partial charge in [0, 0.05) is 22.0 Å². The Bertz CT molecular complexity index is 821. The Morgan fingerprint density at radius 2 is 1.84 bits per heavy atom. The van der Waals surface area contributed by atoms with Crippen molar-refractivity contribution in [3.05, 3.63) is 63.1 Å². The molecule has 0 unspecified atom stereocenters. The molecule has 0 atom stereocenters. The van der Waals surface area contributed by atoms with Crippen molar-refractivity contribution in [2.45, 2.75) is 20.3 Å². The van der Waals surface area contributed by atoms with E-state index in [1.165, 1.54) is 0 Å². The summed E-state index contributed by atoms with van der Waals surface area (Å²) in [5.41, 5.74) is 4.05. The highest BCUT2D eigenvalue weighted by molar-refractivity contribution is 6.36. The first-order valence-electron chi connectivity index (χ1n) is 7.50. The second-order valence-electron chi connectivity index (χ2n) is 5.75. The Labute approximate surface area is 156 Å². The number of phenolic OH excluding ortho intramolecular Hbond substituents is 1. The lowest BCUT2D eigenvalue weighted by atomic mass is 9.93. The Balaban J connectivity index is 2.37. The second-order valence-corrected chi connectivity index (χ2v) is 6.56. The van der Waals surface area contributed by atoms with E-state index >= 15 is 0 Å². The normalized spacial score (nSPS) is 10.6. The predicted octanol–water partition coefficient (Wildman–Crippen LogP) is 5.09. The van der Waals surface area contributed by atoms with Gasteiger partial charge < -0.3 is 14.9 Å². The third-order valence-corrected chi connectivity index (χ3v) is 4.50. The number of rotatable bonds is 6. The molecule has 0 bridgehead atoms. The van der Waals surface area contributed by atoms with Crippen molar-refractivity contribution >= 4 is 34.7 Å². The molecule has 0 saturated heterocycles. The molecule has 0 aliphatic heterocycles. The van der Waals surface area contributed by atoms with Gasteiger partial charge in [-0.3, -0.25) is 0 Å². The summed E-state index contributed by atoms with van der Waals surface area (Å²) >= 11 is 12.6. The van der Waals surface area contributed by atoms with Crippen LogP contribution in [-0.2, 0) is 11.2 Å². The number of carboxylic acids is 1. The maximum absolute atomic E-state index is 10.6. The van der Waals surface area contributed by atoms with Crippen molar-refractivity contribution in [1.29, 1.82) is 0 Å². The molecule has 2 aromatic carbocycles. The molecule has 0 saturated carbocycles. The van der Waals surface area contributed by atoms with Crippen molar-refractivity contribution in [3.8, 4) is 11.5 Å². The molecule has 2 rings (SSSR count). The van der Waals surface area contributed by atoms with Crippen LogP contribution >= 0.6 is 23.2 Å². The zero-order valence-electron chi connectivity index (χ0n) is 13.9. The van der Waals surface area contributed by atoms with Crippen molar-refractivity contribution < 1.29 is 19.7 Å². The van der Waals surface area contributed by atoms with Crippen LogP contribution in [0.5, 0.6) is 11.5 Å². The van der Waals surface area contributed by atoms with E-state index in [4.69, 9.17) is 33.0 Å². The standard InChI is InChI=1S/C19H18Cl2O4/c1-10(2)19-11(3)12(4-5-17(19)22)6-14-15(20)7-13(8-16(14)21)25-9-18(23)24/h4-5,7-8,22H,1,6,9H2,2-3H3,(H,23,24). The largest absolute Gasteiger partial charge is 0.507 e. The number of phenols is 1. The molecule has 25 heavy (non-hydrogen) atoms. The third kappa shape index (κ3) is 4.47. The van der Waals surface area contributed by atoms with E-state index in [-0.39, 0.29) is 5.75 Å². The minimum absolute atomic E-state index is 0.184. The van der Waals surface area contributed by atoms with Crippen molar-refractivity contribution in [3.63, 3.8) is 0 Å². The number of aromatic hydroxyl groups is 1. The molecule has 2 aromatic rings. The van der Waals surface area contributed by atoms with Gasteiger partial charge in [-0.05, 0) is 54.3 Å². The molecule has 0 spiro atoms. The number of allylic oxidation sites excluding steroid dienone is 1. The van der Waals surface area contributed by atoms with Gasteiger partial charge in [0.15, 0.2) is 6.61 Å². The first-order valence-corrected chi connectivity index (χ1v) is 8.26. The Morgan fingerprint density at radius 3 is 2.36 bits per heavy atom. The molecule has 132 valence electrons. The van der Waals surface area contributed by atoms with Gasteiger partial charge in [-0.1, -0.05) is 35.8 Å². The van der Waals surface area contributed by atoms with Crippen LogP contribution in [0, 0.1) is 6.92 Å². The number of hydrogen-bond donors (Lipinski definition) is 2. The van der Waals surface area contributed by atoms with Gasteiger partial charge in [0.1, 0.15) is 11.5 Å². The molecule has 0 fully saturated rings. The van der Waals surface area contributed by atoms with Crippen LogP contribution in [0.25, 0.3) is 5.57 Å². The number of carboxylic acid groups (broad SMARTS) is 1. The summed E-state index contributed by atoms with van der Waals surface area (Å²) < 4.78 is 5.11. The lowest BCUT2D eigenvalue weighted by molar-refractivity contribution is -0.139. The highest BCUT2D eigenvalue weighted by Crippen LogP contribution is 2.35. The third-order valence-electron chi connectivity index (χ3n) is 3.83. The van der Waals surface area contributed by atoms with Crippen LogP contribution in [0.4, 0.5) is 0 Å². The summed E-state index contributed by atoms with van der Waals surface area (Å²) in [5.74, 6) is -0.599. The maximum atomic E-state index is 10.6. The minimum Gasteiger partial charge on any atom is -0.507 e. The van der Waals surface area contributed by atoms with E-state index in [0.717, 1.165) is 16.7 Å². The smallest absolute Gasteiger partial charge is 0.341 e. The highest BCUT2D eigenvalue weighted by Gasteiger charge is 2.15. The fraction of sp³-hybridized carbons (Fsp3) is 0.211. The number of benzene rings is 2. The van der Waals surface area contributed by atoms with Crippen molar-refractivity contribution in [1.82, 2.24) is 0 Å². The van der Waals surface area contributed by atoms with Crippen LogP contribution in [0.15, 0.2) is 30.8 Å².